The number of anilines is 1. The first-order chi connectivity index (χ1) is 13.2. The van der Waals surface area contributed by atoms with Crippen molar-refractivity contribution in [1.82, 2.24) is 5.32 Å². The van der Waals surface area contributed by atoms with Crippen LogP contribution in [0.4, 0.5) is 5.69 Å². The van der Waals surface area contributed by atoms with Crippen LogP contribution in [0, 0.1) is 0 Å². The van der Waals surface area contributed by atoms with Crippen molar-refractivity contribution < 1.29 is 4.74 Å². The van der Waals surface area contributed by atoms with Crippen molar-refractivity contribution >= 4 is 27.8 Å². The normalized spacial score (nSPS) is 21.2. The summed E-state index contributed by atoms with van der Waals surface area (Å²) in [6, 6.07) is 26.4. The summed E-state index contributed by atoms with van der Waals surface area (Å²) < 4.78 is 6.47. The van der Waals surface area contributed by atoms with Crippen molar-refractivity contribution in [3.8, 4) is 5.75 Å². The van der Waals surface area contributed by atoms with Gasteiger partial charge in [0.05, 0.1) is 7.11 Å². The molecule has 1 aliphatic heterocycles. The molecule has 0 aliphatic carbocycles. The SMILES string of the molecule is COc1cccc(C2(Nc3ccc(Br)cc3)C=NC(c3ccccc3)N2)c1. The summed E-state index contributed by atoms with van der Waals surface area (Å²) in [6.45, 7) is 0. The van der Waals surface area contributed by atoms with E-state index in [-0.39, 0.29) is 6.17 Å². The fourth-order valence-electron chi connectivity index (χ4n) is 3.21. The lowest BCUT2D eigenvalue weighted by molar-refractivity contribution is 0.411. The molecule has 0 spiro atoms. The number of methoxy groups -OCH3 is 1. The Morgan fingerprint density at radius 2 is 1.78 bits per heavy atom. The molecular formula is C22H20BrN3O. The van der Waals surface area contributed by atoms with Gasteiger partial charge >= 0.3 is 0 Å². The minimum absolute atomic E-state index is 0.125. The highest BCUT2D eigenvalue weighted by atomic mass is 79.9. The predicted octanol–water partition coefficient (Wildman–Crippen LogP) is 5.10. The summed E-state index contributed by atoms with van der Waals surface area (Å²) in [7, 11) is 1.68. The lowest BCUT2D eigenvalue weighted by Gasteiger charge is -2.32. The van der Waals surface area contributed by atoms with Gasteiger partial charge in [0.1, 0.15) is 11.9 Å². The minimum Gasteiger partial charge on any atom is -0.497 e. The summed E-state index contributed by atoms with van der Waals surface area (Å²) in [4.78, 5) is 4.76. The lowest BCUT2D eigenvalue weighted by Crippen LogP contribution is -2.47. The second kappa shape index (κ2) is 7.55. The molecule has 27 heavy (non-hydrogen) atoms. The van der Waals surface area contributed by atoms with Gasteiger partial charge in [-0.2, -0.15) is 0 Å². The highest BCUT2D eigenvalue weighted by Crippen LogP contribution is 2.33. The average Bonchev–Trinajstić information content (AvgIpc) is 3.16. The first-order valence-corrected chi connectivity index (χ1v) is 9.53. The van der Waals surface area contributed by atoms with Crippen LogP contribution in [0.5, 0.6) is 5.75 Å². The molecule has 2 unspecified atom stereocenters. The molecule has 4 rings (SSSR count). The Morgan fingerprint density at radius 1 is 1.00 bits per heavy atom. The fraction of sp³-hybridized carbons (Fsp3) is 0.136. The first-order valence-electron chi connectivity index (χ1n) is 8.74. The number of rotatable bonds is 5. The van der Waals surface area contributed by atoms with Crippen molar-refractivity contribution in [2.24, 2.45) is 4.99 Å². The van der Waals surface area contributed by atoms with Crippen molar-refractivity contribution in [1.29, 1.82) is 0 Å². The van der Waals surface area contributed by atoms with E-state index in [1.807, 2.05) is 66.9 Å². The van der Waals surface area contributed by atoms with Gasteiger partial charge in [-0.25, -0.2) is 0 Å². The molecule has 1 heterocycles. The largest absolute Gasteiger partial charge is 0.497 e. The number of halogens is 1. The molecule has 0 saturated carbocycles. The van der Waals surface area contributed by atoms with E-state index in [1.165, 1.54) is 0 Å². The van der Waals surface area contributed by atoms with Gasteiger partial charge in [0, 0.05) is 21.9 Å². The van der Waals surface area contributed by atoms with E-state index in [0.29, 0.717) is 0 Å². The summed E-state index contributed by atoms with van der Waals surface area (Å²) >= 11 is 3.49. The summed E-state index contributed by atoms with van der Waals surface area (Å²) in [5.74, 6) is 0.808. The zero-order valence-corrected chi connectivity index (χ0v) is 16.5. The third-order valence-electron chi connectivity index (χ3n) is 4.61. The molecule has 1 aliphatic rings. The molecule has 3 aromatic rings. The molecule has 0 radical (unpaired) electrons. The second-order valence-electron chi connectivity index (χ2n) is 6.41. The number of aliphatic imine (C=N–C) groups is 1. The van der Waals surface area contributed by atoms with Crippen molar-refractivity contribution in [3.05, 3.63) is 94.5 Å². The van der Waals surface area contributed by atoms with Crippen LogP contribution in [0.25, 0.3) is 0 Å². The average molecular weight is 422 g/mol. The van der Waals surface area contributed by atoms with Crippen LogP contribution >= 0.6 is 15.9 Å². The molecular weight excluding hydrogens is 402 g/mol. The van der Waals surface area contributed by atoms with E-state index >= 15 is 0 Å². The summed E-state index contributed by atoms with van der Waals surface area (Å²) in [5, 5.41) is 7.26. The lowest BCUT2D eigenvalue weighted by atomic mass is 9.99. The molecule has 0 amide bonds. The highest BCUT2D eigenvalue weighted by Gasteiger charge is 2.38. The molecule has 3 aromatic carbocycles. The molecule has 2 atom stereocenters. The first kappa shape index (κ1) is 17.8. The number of ether oxygens (including phenoxy) is 1. The molecule has 4 nitrogen and oxygen atoms in total. The van der Waals surface area contributed by atoms with Crippen LogP contribution in [-0.4, -0.2) is 13.3 Å². The Labute approximate surface area is 167 Å². The third-order valence-corrected chi connectivity index (χ3v) is 5.14. The second-order valence-corrected chi connectivity index (χ2v) is 7.32. The molecule has 5 heteroatoms. The Hall–Kier alpha value is -2.63. The molecule has 0 aromatic heterocycles. The van der Waals surface area contributed by atoms with Gasteiger partial charge in [-0.1, -0.05) is 58.4 Å². The number of hydrogen-bond donors (Lipinski definition) is 2. The Kier molecular flexibility index (Phi) is 4.97. The van der Waals surface area contributed by atoms with Gasteiger partial charge in [0.15, 0.2) is 5.66 Å². The smallest absolute Gasteiger partial charge is 0.153 e. The van der Waals surface area contributed by atoms with E-state index in [4.69, 9.17) is 9.73 Å². The fourth-order valence-corrected chi connectivity index (χ4v) is 3.47. The van der Waals surface area contributed by atoms with Gasteiger partial charge in [-0.15, -0.1) is 0 Å². The van der Waals surface area contributed by atoms with Gasteiger partial charge in [-0.05, 0) is 42.0 Å². The molecule has 0 saturated heterocycles. The maximum Gasteiger partial charge on any atom is 0.153 e. The third kappa shape index (κ3) is 3.75. The van der Waals surface area contributed by atoms with Crippen LogP contribution in [0.1, 0.15) is 17.3 Å². The maximum atomic E-state index is 5.43. The molecule has 0 fully saturated rings. The van der Waals surface area contributed by atoms with Crippen molar-refractivity contribution in [2.75, 3.05) is 12.4 Å². The Balaban J connectivity index is 1.72. The van der Waals surface area contributed by atoms with Crippen LogP contribution in [0.15, 0.2) is 88.3 Å². The summed E-state index contributed by atoms with van der Waals surface area (Å²) in [5.41, 5.74) is 2.51. The monoisotopic (exact) mass is 421 g/mol. The zero-order chi connectivity index (χ0) is 18.7. The van der Waals surface area contributed by atoms with Gasteiger partial charge in [0.25, 0.3) is 0 Å². The molecule has 136 valence electrons. The minimum atomic E-state index is -0.636. The zero-order valence-electron chi connectivity index (χ0n) is 14.9. The summed E-state index contributed by atoms with van der Waals surface area (Å²) in [6.07, 6.45) is 1.82. The Bertz CT molecular complexity index is 943. The molecule has 2 N–H and O–H groups in total. The van der Waals surface area contributed by atoms with Gasteiger partial charge in [-0.3, -0.25) is 10.3 Å². The van der Waals surface area contributed by atoms with Gasteiger partial charge in [0.2, 0.25) is 0 Å². The topological polar surface area (TPSA) is 45.6 Å². The number of hydrogen-bond acceptors (Lipinski definition) is 4. The van der Waals surface area contributed by atoms with Crippen molar-refractivity contribution in [3.63, 3.8) is 0 Å². The van der Waals surface area contributed by atoms with Crippen LogP contribution in [0.3, 0.4) is 0 Å². The van der Waals surface area contributed by atoms with E-state index in [9.17, 15) is 0 Å². The van der Waals surface area contributed by atoms with Crippen LogP contribution in [0.2, 0.25) is 0 Å². The predicted molar refractivity (Wildman–Crippen MR) is 113 cm³/mol. The van der Waals surface area contributed by atoms with E-state index in [2.05, 4.69) is 44.8 Å². The van der Waals surface area contributed by atoms with E-state index in [1.54, 1.807) is 7.11 Å². The standard InChI is InChI=1S/C22H20BrN3O/c1-27-20-9-5-8-17(14-20)22(25-19-12-10-18(23)11-13-19)15-24-21(26-22)16-6-3-2-4-7-16/h2-15,21,25-26H,1H3. The van der Waals surface area contributed by atoms with Crippen molar-refractivity contribution in [2.45, 2.75) is 11.8 Å². The van der Waals surface area contributed by atoms with E-state index in [0.717, 1.165) is 27.0 Å². The highest BCUT2D eigenvalue weighted by molar-refractivity contribution is 9.10. The van der Waals surface area contributed by atoms with Crippen LogP contribution in [-0.2, 0) is 5.66 Å². The quantitative estimate of drug-likeness (QED) is 0.602. The number of nitrogens with zero attached hydrogens (tertiary/aromatic N) is 1. The number of benzene rings is 3. The molecule has 0 bridgehead atoms. The number of nitrogens with one attached hydrogen (secondary N) is 2. The van der Waals surface area contributed by atoms with Gasteiger partial charge < -0.3 is 10.1 Å². The Morgan fingerprint density at radius 3 is 2.52 bits per heavy atom. The van der Waals surface area contributed by atoms with E-state index < -0.39 is 5.66 Å². The maximum absolute atomic E-state index is 5.43. The van der Waals surface area contributed by atoms with Crippen LogP contribution < -0.4 is 15.4 Å².